The largest absolute Gasteiger partial charge is 0.490 e. The summed E-state index contributed by atoms with van der Waals surface area (Å²) in [5.74, 6) is 0.210. The van der Waals surface area contributed by atoms with Crippen LogP contribution in [0.3, 0.4) is 0 Å². The van der Waals surface area contributed by atoms with Gasteiger partial charge in [-0.15, -0.1) is 11.3 Å². The van der Waals surface area contributed by atoms with Crippen molar-refractivity contribution in [2.24, 2.45) is 5.92 Å². The van der Waals surface area contributed by atoms with Crippen LogP contribution in [0.25, 0.3) is 20.2 Å². The van der Waals surface area contributed by atoms with E-state index in [0.29, 0.717) is 33.9 Å². The Morgan fingerprint density at radius 3 is 2.08 bits per heavy atom. The highest BCUT2D eigenvalue weighted by Crippen LogP contribution is 2.42. The van der Waals surface area contributed by atoms with E-state index in [1.54, 1.807) is 18.2 Å². The molecular weight excluding hydrogens is 342 g/mol. The number of hydrogen-bond acceptors (Lipinski definition) is 3. The maximum Gasteiger partial charge on any atom is 0.182 e. The first-order valence-corrected chi connectivity index (χ1v) is 9.59. The second-order valence-corrected chi connectivity index (χ2v) is 7.59. The molecule has 5 heteroatoms. The first-order chi connectivity index (χ1) is 12.2. The van der Waals surface area contributed by atoms with Gasteiger partial charge >= 0.3 is 0 Å². The molecule has 132 valence electrons. The summed E-state index contributed by atoms with van der Waals surface area (Å²) in [6.45, 7) is 2.98. The average Bonchev–Trinajstić information content (AvgIpc) is 2.95. The van der Waals surface area contributed by atoms with Gasteiger partial charge in [0.2, 0.25) is 0 Å². The third-order valence-electron chi connectivity index (χ3n) is 4.78. The number of halogens is 2. The molecule has 0 bridgehead atoms. The SMILES string of the molecule is CCCOc1ccc2c(sc3c(F)c(OCC4CCC4)ccc32)c1F. The van der Waals surface area contributed by atoms with Crippen molar-refractivity contribution in [1.29, 1.82) is 0 Å². The quantitative estimate of drug-likeness (QED) is 0.512. The highest BCUT2D eigenvalue weighted by Gasteiger charge is 2.21. The zero-order valence-electron chi connectivity index (χ0n) is 14.1. The molecule has 1 aliphatic carbocycles. The van der Waals surface area contributed by atoms with Crippen LogP contribution in [-0.4, -0.2) is 13.2 Å². The van der Waals surface area contributed by atoms with Gasteiger partial charge in [0.15, 0.2) is 23.1 Å². The molecule has 3 aromatic rings. The number of ether oxygens (including phenoxy) is 2. The lowest BCUT2D eigenvalue weighted by Gasteiger charge is -2.25. The Morgan fingerprint density at radius 1 is 0.960 bits per heavy atom. The lowest BCUT2D eigenvalue weighted by atomic mass is 9.86. The minimum atomic E-state index is -0.413. The van der Waals surface area contributed by atoms with E-state index in [4.69, 9.17) is 9.47 Å². The molecule has 4 rings (SSSR count). The van der Waals surface area contributed by atoms with Crippen LogP contribution in [0.1, 0.15) is 32.6 Å². The van der Waals surface area contributed by atoms with Crippen molar-refractivity contribution in [3.05, 3.63) is 35.9 Å². The van der Waals surface area contributed by atoms with E-state index in [9.17, 15) is 8.78 Å². The van der Waals surface area contributed by atoms with Crippen molar-refractivity contribution >= 4 is 31.5 Å². The second-order valence-electron chi connectivity index (χ2n) is 6.57. The van der Waals surface area contributed by atoms with Gasteiger partial charge in [-0.3, -0.25) is 0 Å². The second kappa shape index (κ2) is 6.79. The van der Waals surface area contributed by atoms with E-state index in [0.717, 1.165) is 36.0 Å². The molecular formula is C20H20F2O2S. The highest BCUT2D eigenvalue weighted by atomic mass is 32.1. The Balaban J connectivity index is 1.72. The van der Waals surface area contributed by atoms with Gasteiger partial charge in [-0.2, -0.15) is 0 Å². The third kappa shape index (κ3) is 2.95. The Kier molecular flexibility index (Phi) is 4.50. The predicted molar refractivity (Wildman–Crippen MR) is 97.9 cm³/mol. The van der Waals surface area contributed by atoms with Gasteiger partial charge in [-0.1, -0.05) is 13.3 Å². The lowest BCUT2D eigenvalue weighted by molar-refractivity contribution is 0.176. The molecule has 0 saturated heterocycles. The van der Waals surface area contributed by atoms with Crippen molar-refractivity contribution in [3.63, 3.8) is 0 Å². The number of thiophene rings is 1. The van der Waals surface area contributed by atoms with E-state index >= 15 is 0 Å². The van der Waals surface area contributed by atoms with E-state index in [2.05, 4.69) is 0 Å². The maximum atomic E-state index is 14.8. The zero-order valence-corrected chi connectivity index (χ0v) is 14.9. The maximum absolute atomic E-state index is 14.8. The van der Waals surface area contributed by atoms with Crippen LogP contribution < -0.4 is 9.47 Å². The van der Waals surface area contributed by atoms with E-state index in [-0.39, 0.29) is 11.5 Å². The summed E-state index contributed by atoms with van der Waals surface area (Å²) in [5, 5.41) is 1.43. The van der Waals surface area contributed by atoms with Crippen LogP contribution in [0, 0.1) is 17.6 Å². The van der Waals surface area contributed by atoms with Crippen molar-refractivity contribution in [2.45, 2.75) is 32.6 Å². The van der Waals surface area contributed by atoms with Crippen LogP contribution in [0.4, 0.5) is 8.78 Å². The van der Waals surface area contributed by atoms with Crippen molar-refractivity contribution in [2.75, 3.05) is 13.2 Å². The van der Waals surface area contributed by atoms with Crippen molar-refractivity contribution < 1.29 is 18.3 Å². The van der Waals surface area contributed by atoms with Gasteiger partial charge in [0.25, 0.3) is 0 Å². The minimum Gasteiger partial charge on any atom is -0.490 e. The molecule has 25 heavy (non-hydrogen) atoms. The molecule has 0 N–H and O–H groups in total. The van der Waals surface area contributed by atoms with E-state index in [1.165, 1.54) is 6.42 Å². The monoisotopic (exact) mass is 362 g/mol. The van der Waals surface area contributed by atoms with Crippen LogP contribution in [0.5, 0.6) is 11.5 Å². The molecule has 1 aliphatic rings. The minimum absolute atomic E-state index is 0.225. The fourth-order valence-electron chi connectivity index (χ4n) is 3.10. The number of fused-ring (bicyclic) bond motifs is 3. The molecule has 0 aliphatic heterocycles. The van der Waals surface area contributed by atoms with Gasteiger partial charge in [0, 0.05) is 10.8 Å². The zero-order chi connectivity index (χ0) is 17.4. The lowest BCUT2D eigenvalue weighted by Crippen LogP contribution is -2.19. The standard InChI is InChI=1S/C20H20F2O2S/c1-2-10-23-15-8-6-13-14-7-9-16(24-11-12-4-3-5-12)18(22)20(14)25-19(13)17(15)21/h6-9,12H,2-5,10-11H2,1H3. The Morgan fingerprint density at radius 2 is 1.56 bits per heavy atom. The predicted octanol–water partition coefficient (Wildman–Crippen LogP) is 6.30. The third-order valence-corrected chi connectivity index (χ3v) is 5.99. The Labute approximate surface area is 149 Å². The smallest absolute Gasteiger partial charge is 0.182 e. The summed E-state index contributed by atoms with van der Waals surface area (Å²) in [6, 6.07) is 6.90. The van der Waals surface area contributed by atoms with Gasteiger partial charge in [-0.05, 0) is 49.4 Å². The van der Waals surface area contributed by atoms with Gasteiger partial charge in [-0.25, -0.2) is 8.78 Å². The molecule has 0 spiro atoms. The molecule has 1 saturated carbocycles. The van der Waals surface area contributed by atoms with Gasteiger partial charge < -0.3 is 9.47 Å². The fourth-order valence-corrected chi connectivity index (χ4v) is 4.26. The normalized spacial score (nSPS) is 14.8. The molecule has 0 unspecified atom stereocenters. The van der Waals surface area contributed by atoms with Crippen molar-refractivity contribution in [1.82, 2.24) is 0 Å². The summed E-state index contributed by atoms with van der Waals surface area (Å²) >= 11 is 1.12. The highest BCUT2D eigenvalue weighted by molar-refractivity contribution is 7.25. The summed E-state index contributed by atoms with van der Waals surface area (Å²) in [4.78, 5) is 0. The molecule has 2 aromatic carbocycles. The fraction of sp³-hybridized carbons (Fsp3) is 0.400. The molecule has 1 aromatic heterocycles. The molecule has 0 atom stereocenters. The first kappa shape index (κ1) is 16.6. The van der Waals surface area contributed by atoms with E-state index < -0.39 is 11.6 Å². The Hall–Kier alpha value is -1.88. The van der Waals surface area contributed by atoms with Crippen LogP contribution in [-0.2, 0) is 0 Å². The van der Waals surface area contributed by atoms with E-state index in [1.807, 2.05) is 13.0 Å². The summed E-state index contributed by atoms with van der Waals surface area (Å²) < 4.78 is 41.5. The van der Waals surface area contributed by atoms with Gasteiger partial charge in [0.1, 0.15) is 0 Å². The molecule has 2 nitrogen and oxygen atoms in total. The number of rotatable bonds is 6. The van der Waals surface area contributed by atoms with Crippen LogP contribution in [0.15, 0.2) is 24.3 Å². The number of benzene rings is 2. The average molecular weight is 362 g/mol. The molecule has 0 radical (unpaired) electrons. The Bertz CT molecular complexity index is 915. The van der Waals surface area contributed by atoms with Gasteiger partial charge in [0.05, 0.1) is 22.6 Å². The summed E-state index contributed by atoms with van der Waals surface area (Å²) in [5.41, 5.74) is 0. The van der Waals surface area contributed by atoms with Crippen molar-refractivity contribution in [3.8, 4) is 11.5 Å². The van der Waals surface area contributed by atoms with Crippen LogP contribution >= 0.6 is 11.3 Å². The topological polar surface area (TPSA) is 18.5 Å². The molecule has 0 amide bonds. The number of hydrogen-bond donors (Lipinski definition) is 0. The molecule has 1 fully saturated rings. The first-order valence-electron chi connectivity index (χ1n) is 8.78. The summed E-state index contributed by atoms with van der Waals surface area (Å²) in [7, 11) is 0. The molecule has 1 heterocycles. The summed E-state index contributed by atoms with van der Waals surface area (Å²) in [6.07, 6.45) is 4.34. The van der Waals surface area contributed by atoms with Crippen LogP contribution in [0.2, 0.25) is 0 Å².